The van der Waals surface area contributed by atoms with E-state index < -0.39 is 0 Å². The summed E-state index contributed by atoms with van der Waals surface area (Å²) in [5.41, 5.74) is 2.78. The van der Waals surface area contributed by atoms with Crippen molar-refractivity contribution in [2.75, 3.05) is 5.32 Å². The fraction of sp³-hybridized carbons (Fsp3) is 0.333. The number of hydrogen-bond acceptors (Lipinski definition) is 3. The fourth-order valence-corrected chi connectivity index (χ4v) is 1.71. The molecule has 16 heavy (non-hydrogen) atoms. The molecular formula is C12H16N2O2. The Morgan fingerprint density at radius 1 is 1.38 bits per heavy atom. The molecule has 0 amide bonds. The van der Waals surface area contributed by atoms with Crippen LogP contribution in [0.15, 0.2) is 24.9 Å². The summed E-state index contributed by atoms with van der Waals surface area (Å²) >= 11 is 0. The van der Waals surface area contributed by atoms with Crippen LogP contribution in [-0.4, -0.2) is 4.92 Å². The number of anilines is 1. The van der Waals surface area contributed by atoms with Crippen molar-refractivity contribution >= 4 is 11.4 Å². The fourth-order valence-electron chi connectivity index (χ4n) is 1.71. The Balaban J connectivity index is 3.34. The topological polar surface area (TPSA) is 55.2 Å². The zero-order valence-electron chi connectivity index (χ0n) is 9.62. The van der Waals surface area contributed by atoms with Crippen molar-refractivity contribution in [3.05, 3.63) is 46.2 Å². The summed E-state index contributed by atoms with van der Waals surface area (Å²) in [6.45, 7) is 7.56. The Morgan fingerprint density at radius 2 is 1.94 bits per heavy atom. The van der Waals surface area contributed by atoms with Gasteiger partial charge in [0.15, 0.2) is 0 Å². The maximum absolute atomic E-state index is 10.9. The second kappa shape index (κ2) is 5.30. The van der Waals surface area contributed by atoms with Crippen molar-refractivity contribution in [1.29, 1.82) is 0 Å². The summed E-state index contributed by atoms with van der Waals surface area (Å²) in [5.74, 6) is 0. The number of nitro benzene ring substituents is 1. The van der Waals surface area contributed by atoms with E-state index in [-0.39, 0.29) is 10.6 Å². The van der Waals surface area contributed by atoms with Crippen molar-refractivity contribution in [3.8, 4) is 0 Å². The van der Waals surface area contributed by atoms with E-state index in [1.165, 1.54) is 6.20 Å². The molecule has 1 N–H and O–H groups in total. The quantitative estimate of drug-likeness (QED) is 0.612. The van der Waals surface area contributed by atoms with Crippen molar-refractivity contribution in [2.24, 2.45) is 0 Å². The van der Waals surface area contributed by atoms with Gasteiger partial charge in [0.25, 0.3) is 5.69 Å². The van der Waals surface area contributed by atoms with Crippen LogP contribution in [0, 0.1) is 10.1 Å². The number of benzene rings is 1. The lowest BCUT2D eigenvalue weighted by Gasteiger charge is -2.09. The number of hydrogen-bond donors (Lipinski definition) is 1. The van der Waals surface area contributed by atoms with Crippen LogP contribution in [0.1, 0.15) is 25.0 Å². The zero-order chi connectivity index (χ0) is 12.1. The average molecular weight is 220 g/mol. The van der Waals surface area contributed by atoms with E-state index in [9.17, 15) is 10.1 Å². The first kappa shape index (κ1) is 12.2. The van der Waals surface area contributed by atoms with Gasteiger partial charge in [-0.25, -0.2) is 0 Å². The summed E-state index contributed by atoms with van der Waals surface area (Å²) in [6.07, 6.45) is 3.12. The van der Waals surface area contributed by atoms with Crippen molar-refractivity contribution in [2.45, 2.75) is 26.7 Å². The van der Waals surface area contributed by atoms with Gasteiger partial charge in [-0.1, -0.05) is 20.4 Å². The lowest BCUT2D eigenvalue weighted by atomic mass is 10.0. The molecule has 0 saturated carbocycles. The third-order valence-electron chi connectivity index (χ3n) is 2.53. The highest BCUT2D eigenvalue weighted by Gasteiger charge is 2.15. The Morgan fingerprint density at radius 3 is 2.38 bits per heavy atom. The molecule has 4 nitrogen and oxygen atoms in total. The van der Waals surface area contributed by atoms with Gasteiger partial charge in [0.05, 0.1) is 4.92 Å². The average Bonchev–Trinajstić information content (AvgIpc) is 2.28. The standard InChI is InChI=1S/C12H16N2O2/c1-4-9-7-11(13-6-3)12(14(15)16)8-10(9)5-2/h6-8,13H,3-5H2,1-2H3. The predicted octanol–water partition coefficient (Wildman–Crippen LogP) is 3.28. The third-order valence-corrected chi connectivity index (χ3v) is 2.53. The lowest BCUT2D eigenvalue weighted by Crippen LogP contribution is -2.00. The second-order valence-corrected chi connectivity index (χ2v) is 3.45. The monoisotopic (exact) mass is 220 g/mol. The number of nitrogens with one attached hydrogen (secondary N) is 1. The molecule has 0 heterocycles. The molecule has 0 atom stereocenters. The van der Waals surface area contributed by atoms with Crippen LogP contribution in [-0.2, 0) is 12.8 Å². The van der Waals surface area contributed by atoms with Crippen LogP contribution in [0.3, 0.4) is 0 Å². The van der Waals surface area contributed by atoms with Crippen LogP contribution in [0.25, 0.3) is 0 Å². The minimum atomic E-state index is -0.371. The molecule has 0 unspecified atom stereocenters. The van der Waals surface area contributed by atoms with Gasteiger partial charge < -0.3 is 5.32 Å². The van der Waals surface area contributed by atoms with Crippen LogP contribution >= 0.6 is 0 Å². The van der Waals surface area contributed by atoms with Crippen molar-refractivity contribution < 1.29 is 4.92 Å². The molecule has 0 aliphatic heterocycles. The van der Waals surface area contributed by atoms with Crippen LogP contribution in [0.2, 0.25) is 0 Å². The van der Waals surface area contributed by atoms with E-state index in [1.807, 2.05) is 19.9 Å². The molecule has 86 valence electrons. The van der Waals surface area contributed by atoms with Gasteiger partial charge in [0.1, 0.15) is 5.69 Å². The molecule has 0 aromatic heterocycles. The zero-order valence-corrected chi connectivity index (χ0v) is 9.62. The second-order valence-electron chi connectivity index (χ2n) is 3.45. The molecule has 0 radical (unpaired) electrons. The minimum absolute atomic E-state index is 0.106. The van der Waals surface area contributed by atoms with Gasteiger partial charge >= 0.3 is 0 Å². The van der Waals surface area contributed by atoms with E-state index in [1.54, 1.807) is 6.07 Å². The normalized spacial score (nSPS) is 9.88. The minimum Gasteiger partial charge on any atom is -0.357 e. The van der Waals surface area contributed by atoms with Gasteiger partial charge in [0.2, 0.25) is 0 Å². The lowest BCUT2D eigenvalue weighted by molar-refractivity contribution is -0.384. The van der Waals surface area contributed by atoms with Gasteiger partial charge in [-0.3, -0.25) is 10.1 Å². The molecule has 0 aliphatic rings. The molecule has 0 bridgehead atoms. The Labute approximate surface area is 95.1 Å². The van der Waals surface area contributed by atoms with Crippen LogP contribution in [0.5, 0.6) is 0 Å². The molecular weight excluding hydrogens is 204 g/mol. The van der Waals surface area contributed by atoms with Gasteiger partial charge in [-0.15, -0.1) is 0 Å². The number of aryl methyl sites for hydroxylation is 2. The molecule has 1 aromatic carbocycles. The van der Waals surface area contributed by atoms with Gasteiger partial charge in [0, 0.05) is 6.07 Å². The predicted molar refractivity (Wildman–Crippen MR) is 65.7 cm³/mol. The molecule has 4 heteroatoms. The highest BCUT2D eigenvalue weighted by Crippen LogP contribution is 2.29. The summed E-state index contributed by atoms with van der Waals surface area (Å²) in [4.78, 5) is 10.5. The largest absolute Gasteiger partial charge is 0.357 e. The Kier molecular flexibility index (Phi) is 4.05. The van der Waals surface area contributed by atoms with Crippen molar-refractivity contribution in [3.63, 3.8) is 0 Å². The first-order chi connectivity index (χ1) is 7.63. The van der Waals surface area contributed by atoms with Crippen LogP contribution in [0.4, 0.5) is 11.4 Å². The first-order valence-corrected chi connectivity index (χ1v) is 5.31. The van der Waals surface area contributed by atoms with Crippen LogP contribution < -0.4 is 5.32 Å². The first-order valence-electron chi connectivity index (χ1n) is 5.31. The van der Waals surface area contributed by atoms with E-state index in [2.05, 4.69) is 11.9 Å². The summed E-state index contributed by atoms with van der Waals surface area (Å²) in [6, 6.07) is 3.48. The van der Waals surface area contributed by atoms with Crippen molar-refractivity contribution in [1.82, 2.24) is 0 Å². The summed E-state index contributed by atoms with van der Waals surface area (Å²) in [5, 5.41) is 13.7. The highest BCUT2D eigenvalue weighted by molar-refractivity contribution is 5.65. The highest BCUT2D eigenvalue weighted by atomic mass is 16.6. The molecule has 0 saturated heterocycles. The molecule has 1 aromatic rings. The maximum Gasteiger partial charge on any atom is 0.292 e. The van der Waals surface area contributed by atoms with E-state index >= 15 is 0 Å². The third kappa shape index (κ3) is 2.39. The molecule has 1 rings (SSSR count). The SMILES string of the molecule is C=CNc1cc(CC)c(CC)cc1[N+](=O)[O-]. The maximum atomic E-state index is 10.9. The number of nitrogens with zero attached hydrogens (tertiary/aromatic N) is 1. The molecule has 0 fully saturated rings. The van der Waals surface area contributed by atoms with E-state index in [0.717, 1.165) is 24.0 Å². The van der Waals surface area contributed by atoms with Gasteiger partial charge in [-0.05, 0) is 36.2 Å². The van der Waals surface area contributed by atoms with E-state index in [4.69, 9.17) is 0 Å². The molecule has 0 aliphatic carbocycles. The molecule has 0 spiro atoms. The Hall–Kier alpha value is -1.84. The summed E-state index contributed by atoms with van der Waals surface area (Å²) < 4.78 is 0. The van der Waals surface area contributed by atoms with E-state index in [0.29, 0.717) is 5.69 Å². The van der Waals surface area contributed by atoms with Gasteiger partial charge in [-0.2, -0.15) is 0 Å². The number of rotatable bonds is 5. The Bertz CT molecular complexity index is 414. The number of nitro groups is 1. The smallest absolute Gasteiger partial charge is 0.292 e. The summed E-state index contributed by atoms with van der Waals surface area (Å²) in [7, 11) is 0.